The minimum atomic E-state index is 0.0234. The van der Waals surface area contributed by atoms with Crippen molar-refractivity contribution in [3.8, 4) is 0 Å². The van der Waals surface area contributed by atoms with E-state index in [1.54, 1.807) is 11.1 Å². The molecule has 0 unspecified atom stereocenters. The first-order valence-electron chi connectivity index (χ1n) is 8.43. The highest BCUT2D eigenvalue weighted by atomic mass is 15.2. The molecule has 2 nitrogen and oxygen atoms in total. The molecule has 0 spiro atoms. The van der Waals surface area contributed by atoms with E-state index in [4.69, 9.17) is 4.99 Å². The zero-order valence-corrected chi connectivity index (χ0v) is 13.7. The van der Waals surface area contributed by atoms with Gasteiger partial charge in [0.1, 0.15) is 0 Å². The molecule has 0 radical (unpaired) electrons. The molecule has 0 N–H and O–H groups in total. The third-order valence-corrected chi connectivity index (χ3v) is 4.82. The number of aryl methyl sites for hydroxylation is 1. The van der Waals surface area contributed by atoms with Crippen LogP contribution >= 0.6 is 0 Å². The van der Waals surface area contributed by atoms with Gasteiger partial charge < -0.3 is 4.90 Å². The van der Waals surface area contributed by atoms with Gasteiger partial charge in [-0.25, -0.2) is 0 Å². The van der Waals surface area contributed by atoms with Crippen LogP contribution in [0.3, 0.4) is 0 Å². The van der Waals surface area contributed by atoms with E-state index in [0.29, 0.717) is 12.0 Å². The maximum Gasteiger partial charge on any atom is 0.0859 e. The lowest BCUT2D eigenvalue weighted by atomic mass is 9.82. The van der Waals surface area contributed by atoms with Crippen molar-refractivity contribution in [2.24, 2.45) is 4.99 Å². The molecule has 1 aromatic carbocycles. The minimum absolute atomic E-state index is 0.0234. The standard InChI is InChI=1S/C19H28N2/c1-19(2,3)20-14-21-13-7-11-17-16-10-5-4-8-15(16)9-6-12-18(17)21/h4-5,8,10,14,17-18H,6-7,9,11-13H2,1-3H3/t17-,18+/m0/s1. The van der Waals surface area contributed by atoms with Gasteiger partial charge in [-0.1, -0.05) is 24.3 Å². The Morgan fingerprint density at radius 2 is 1.95 bits per heavy atom. The molecule has 21 heavy (non-hydrogen) atoms. The van der Waals surface area contributed by atoms with E-state index in [0.717, 1.165) is 0 Å². The molecule has 3 rings (SSSR count). The van der Waals surface area contributed by atoms with Crippen molar-refractivity contribution in [1.29, 1.82) is 0 Å². The highest BCUT2D eigenvalue weighted by Crippen LogP contribution is 2.39. The van der Waals surface area contributed by atoms with Gasteiger partial charge in [-0.2, -0.15) is 0 Å². The number of benzene rings is 1. The molecular formula is C19H28N2. The van der Waals surface area contributed by atoms with Crippen molar-refractivity contribution >= 4 is 6.34 Å². The number of likely N-dealkylation sites (tertiary alicyclic amines) is 1. The molecule has 0 aromatic heterocycles. The van der Waals surface area contributed by atoms with Gasteiger partial charge >= 0.3 is 0 Å². The maximum absolute atomic E-state index is 4.76. The van der Waals surface area contributed by atoms with Gasteiger partial charge in [0, 0.05) is 18.5 Å². The molecule has 0 bridgehead atoms. The van der Waals surface area contributed by atoms with Crippen molar-refractivity contribution in [3.05, 3.63) is 35.4 Å². The van der Waals surface area contributed by atoms with E-state index in [1.165, 1.54) is 38.6 Å². The number of aliphatic imine (C=N–C) groups is 1. The maximum atomic E-state index is 4.76. The number of piperidine rings is 1. The largest absolute Gasteiger partial charge is 0.359 e. The molecule has 1 aliphatic carbocycles. The van der Waals surface area contributed by atoms with Crippen LogP contribution in [0.25, 0.3) is 0 Å². The first kappa shape index (κ1) is 14.6. The van der Waals surface area contributed by atoms with Gasteiger partial charge in [-0.15, -0.1) is 0 Å². The monoisotopic (exact) mass is 284 g/mol. The zero-order chi connectivity index (χ0) is 14.9. The van der Waals surface area contributed by atoms with Crippen molar-refractivity contribution in [1.82, 2.24) is 4.90 Å². The van der Waals surface area contributed by atoms with Crippen LogP contribution in [0.4, 0.5) is 0 Å². The zero-order valence-electron chi connectivity index (χ0n) is 13.7. The van der Waals surface area contributed by atoms with E-state index in [2.05, 4.69) is 56.3 Å². The molecule has 1 aliphatic heterocycles. The lowest BCUT2D eigenvalue weighted by Gasteiger charge is -2.40. The van der Waals surface area contributed by atoms with Gasteiger partial charge in [0.05, 0.1) is 11.9 Å². The van der Waals surface area contributed by atoms with Crippen LogP contribution in [0.5, 0.6) is 0 Å². The molecule has 114 valence electrons. The molecule has 1 saturated heterocycles. The average molecular weight is 284 g/mol. The summed E-state index contributed by atoms with van der Waals surface area (Å²) in [5, 5.41) is 0. The Bertz CT molecular complexity index is 513. The topological polar surface area (TPSA) is 15.6 Å². The van der Waals surface area contributed by atoms with E-state index >= 15 is 0 Å². The van der Waals surface area contributed by atoms with Crippen LogP contribution in [0.15, 0.2) is 29.3 Å². The van der Waals surface area contributed by atoms with E-state index in [9.17, 15) is 0 Å². The van der Waals surface area contributed by atoms with Crippen LogP contribution in [-0.2, 0) is 6.42 Å². The van der Waals surface area contributed by atoms with Gasteiger partial charge in [0.15, 0.2) is 0 Å². The second kappa shape index (κ2) is 5.82. The summed E-state index contributed by atoms with van der Waals surface area (Å²) in [5.74, 6) is 0.698. The fraction of sp³-hybridized carbons (Fsp3) is 0.632. The third-order valence-electron chi connectivity index (χ3n) is 4.82. The van der Waals surface area contributed by atoms with Crippen molar-refractivity contribution in [3.63, 3.8) is 0 Å². The number of hydrogen-bond donors (Lipinski definition) is 0. The lowest BCUT2D eigenvalue weighted by molar-refractivity contribution is 0.205. The molecule has 0 saturated carbocycles. The summed E-state index contributed by atoms with van der Waals surface area (Å²) in [7, 11) is 0. The van der Waals surface area contributed by atoms with E-state index < -0.39 is 0 Å². The summed E-state index contributed by atoms with van der Waals surface area (Å²) >= 11 is 0. The van der Waals surface area contributed by atoms with Gasteiger partial charge in [0.25, 0.3) is 0 Å². The molecule has 0 amide bonds. The van der Waals surface area contributed by atoms with Crippen LogP contribution in [0.1, 0.15) is 63.5 Å². The molecule has 1 heterocycles. The highest BCUT2D eigenvalue weighted by molar-refractivity contribution is 5.57. The van der Waals surface area contributed by atoms with Crippen LogP contribution in [-0.4, -0.2) is 29.4 Å². The summed E-state index contributed by atoms with van der Waals surface area (Å²) in [6, 6.07) is 9.75. The SMILES string of the molecule is CC(C)(C)N=CN1CCC[C@H]2c3ccccc3CCC[C@H]21. The fourth-order valence-electron chi connectivity index (χ4n) is 3.83. The highest BCUT2D eigenvalue weighted by Gasteiger charge is 2.33. The van der Waals surface area contributed by atoms with E-state index in [1.807, 2.05) is 0 Å². The molecule has 1 aromatic rings. The molecule has 2 atom stereocenters. The minimum Gasteiger partial charge on any atom is -0.359 e. The first-order chi connectivity index (χ1) is 10.0. The van der Waals surface area contributed by atoms with Gasteiger partial charge in [-0.3, -0.25) is 4.99 Å². The summed E-state index contributed by atoms with van der Waals surface area (Å²) in [5.41, 5.74) is 3.21. The smallest absolute Gasteiger partial charge is 0.0859 e. The van der Waals surface area contributed by atoms with Crippen LogP contribution in [0.2, 0.25) is 0 Å². The molecular weight excluding hydrogens is 256 g/mol. The molecule has 2 heteroatoms. The van der Waals surface area contributed by atoms with Gasteiger partial charge in [0.2, 0.25) is 0 Å². The number of hydrogen-bond acceptors (Lipinski definition) is 1. The Kier molecular flexibility index (Phi) is 4.05. The Morgan fingerprint density at radius 3 is 2.76 bits per heavy atom. The molecule has 2 aliphatic rings. The number of nitrogens with zero attached hydrogens (tertiary/aromatic N) is 2. The average Bonchev–Trinajstić information content (AvgIpc) is 2.64. The van der Waals surface area contributed by atoms with Crippen LogP contribution < -0.4 is 0 Å². The predicted octanol–water partition coefficient (Wildman–Crippen LogP) is 4.40. The lowest BCUT2D eigenvalue weighted by Crippen LogP contribution is -2.43. The second-order valence-corrected chi connectivity index (χ2v) is 7.56. The fourth-order valence-corrected chi connectivity index (χ4v) is 3.83. The predicted molar refractivity (Wildman–Crippen MR) is 90.1 cm³/mol. The quantitative estimate of drug-likeness (QED) is 0.551. The first-order valence-corrected chi connectivity index (χ1v) is 8.43. The van der Waals surface area contributed by atoms with Crippen molar-refractivity contribution in [2.75, 3.05) is 6.54 Å². The van der Waals surface area contributed by atoms with Crippen molar-refractivity contribution < 1.29 is 0 Å². The Morgan fingerprint density at radius 1 is 1.14 bits per heavy atom. The van der Waals surface area contributed by atoms with Crippen molar-refractivity contribution in [2.45, 2.75) is 70.4 Å². The third kappa shape index (κ3) is 3.30. The molecule has 1 fully saturated rings. The summed E-state index contributed by atoms with van der Waals surface area (Å²) in [6.45, 7) is 7.69. The Labute approximate surface area is 129 Å². The Hall–Kier alpha value is -1.31. The van der Waals surface area contributed by atoms with Gasteiger partial charge in [-0.05, 0) is 64.0 Å². The summed E-state index contributed by atoms with van der Waals surface area (Å²) < 4.78 is 0. The summed E-state index contributed by atoms with van der Waals surface area (Å²) in [4.78, 5) is 7.29. The second-order valence-electron chi connectivity index (χ2n) is 7.56. The Balaban J connectivity index is 1.87. The number of fused-ring (bicyclic) bond motifs is 3. The normalized spacial score (nSPS) is 26.3. The summed E-state index contributed by atoms with van der Waals surface area (Å²) in [6.07, 6.45) is 8.61. The number of rotatable bonds is 1. The van der Waals surface area contributed by atoms with Crippen LogP contribution in [0, 0.1) is 0 Å². The van der Waals surface area contributed by atoms with E-state index in [-0.39, 0.29) is 5.54 Å².